The zero-order valence-electron chi connectivity index (χ0n) is 10.6. The zero-order chi connectivity index (χ0) is 13.5. The van der Waals surface area contributed by atoms with E-state index in [9.17, 15) is 13.2 Å². The Hall–Kier alpha value is -0.820. The van der Waals surface area contributed by atoms with Crippen molar-refractivity contribution in [3.63, 3.8) is 0 Å². The summed E-state index contributed by atoms with van der Waals surface area (Å²) < 4.78 is 27.9. The minimum absolute atomic E-state index is 0.0873. The second kappa shape index (κ2) is 4.13. The van der Waals surface area contributed by atoms with Gasteiger partial charge in [0.15, 0.2) is 9.84 Å². The Morgan fingerprint density at radius 1 is 1.53 bits per heavy atom. The molecule has 0 aromatic rings. The number of carbonyl (C=O) groups is 1. The van der Waals surface area contributed by atoms with Crippen LogP contribution in [0.2, 0.25) is 0 Å². The lowest BCUT2D eigenvalue weighted by molar-refractivity contribution is 0.0499. The molecule has 1 aliphatic carbocycles. The van der Waals surface area contributed by atoms with Gasteiger partial charge in [-0.25, -0.2) is 13.2 Å². The van der Waals surface area contributed by atoms with Crippen LogP contribution in [0.25, 0.3) is 0 Å². The highest BCUT2D eigenvalue weighted by molar-refractivity contribution is 7.91. The average Bonchev–Trinajstić information content (AvgIpc) is 2.75. The second-order valence-electron chi connectivity index (χ2n) is 5.51. The van der Waals surface area contributed by atoms with Crippen LogP contribution in [0, 0.1) is 0 Å². The van der Waals surface area contributed by atoms with Crippen molar-refractivity contribution in [1.29, 1.82) is 0 Å². The lowest BCUT2D eigenvalue weighted by Gasteiger charge is -2.23. The van der Waals surface area contributed by atoms with E-state index in [2.05, 4.69) is 5.32 Å². The van der Waals surface area contributed by atoms with Crippen LogP contribution in [0.5, 0.6) is 0 Å². The Morgan fingerprint density at radius 2 is 2.06 bits per heavy atom. The standard InChI is InChI=1S/C10H20N2O4S/c1-9(2,3)16-8(13)12-10(6-11)5-7(10)17(4,14)15/h7H,5-6,11H2,1-4H3,(H,12,13)/t7-,10-/m1/s1. The van der Waals surface area contributed by atoms with Crippen LogP contribution in [0.3, 0.4) is 0 Å². The molecule has 0 radical (unpaired) electrons. The highest BCUT2D eigenvalue weighted by Gasteiger charge is 2.60. The Labute approximate surface area is 102 Å². The highest BCUT2D eigenvalue weighted by Crippen LogP contribution is 2.41. The molecular formula is C10H20N2O4S. The zero-order valence-corrected chi connectivity index (χ0v) is 11.4. The summed E-state index contributed by atoms with van der Waals surface area (Å²) in [4.78, 5) is 11.6. The first-order valence-corrected chi connectivity index (χ1v) is 7.36. The number of sulfone groups is 1. The van der Waals surface area contributed by atoms with Gasteiger partial charge in [-0.1, -0.05) is 0 Å². The Balaban J connectivity index is 2.66. The smallest absolute Gasteiger partial charge is 0.408 e. The van der Waals surface area contributed by atoms with Gasteiger partial charge in [0.2, 0.25) is 0 Å². The molecule has 1 rings (SSSR count). The molecular weight excluding hydrogens is 244 g/mol. The van der Waals surface area contributed by atoms with E-state index in [0.717, 1.165) is 6.26 Å². The maximum absolute atomic E-state index is 11.6. The lowest BCUT2D eigenvalue weighted by Crippen LogP contribution is -2.48. The number of ether oxygens (including phenoxy) is 1. The first-order chi connectivity index (χ1) is 7.50. The van der Waals surface area contributed by atoms with Crippen LogP contribution < -0.4 is 11.1 Å². The van der Waals surface area contributed by atoms with Crippen molar-refractivity contribution in [2.45, 2.75) is 43.6 Å². The molecule has 0 spiro atoms. The van der Waals surface area contributed by atoms with E-state index in [1.165, 1.54) is 0 Å². The average molecular weight is 264 g/mol. The molecule has 0 aromatic carbocycles. The molecule has 100 valence electrons. The number of carbonyl (C=O) groups excluding carboxylic acids is 1. The maximum Gasteiger partial charge on any atom is 0.408 e. The third-order valence-electron chi connectivity index (χ3n) is 2.64. The number of hydrogen-bond acceptors (Lipinski definition) is 5. The fraction of sp³-hybridized carbons (Fsp3) is 0.900. The summed E-state index contributed by atoms with van der Waals surface area (Å²) in [5.74, 6) is 0. The number of nitrogens with one attached hydrogen (secondary N) is 1. The van der Waals surface area contributed by atoms with Gasteiger partial charge in [-0.2, -0.15) is 0 Å². The summed E-state index contributed by atoms with van der Waals surface area (Å²) in [6.45, 7) is 5.30. The van der Waals surface area contributed by atoms with Crippen LogP contribution >= 0.6 is 0 Å². The minimum atomic E-state index is -3.19. The molecule has 3 N–H and O–H groups in total. The van der Waals surface area contributed by atoms with Crippen molar-refractivity contribution in [2.24, 2.45) is 5.73 Å². The number of rotatable bonds is 3. The number of amides is 1. The van der Waals surface area contributed by atoms with Crippen LogP contribution in [0.1, 0.15) is 27.2 Å². The molecule has 0 bridgehead atoms. The SMILES string of the molecule is CC(C)(C)OC(=O)N[C@@]1(CN)C[C@H]1S(C)(=O)=O. The van der Waals surface area contributed by atoms with Crippen molar-refractivity contribution >= 4 is 15.9 Å². The summed E-state index contributed by atoms with van der Waals surface area (Å²) in [5.41, 5.74) is 4.07. The molecule has 17 heavy (non-hydrogen) atoms. The fourth-order valence-electron chi connectivity index (χ4n) is 1.74. The molecule has 0 unspecified atom stereocenters. The summed E-state index contributed by atoms with van der Waals surface area (Å²) in [6, 6.07) is 0. The van der Waals surface area contributed by atoms with E-state index in [1.54, 1.807) is 20.8 Å². The quantitative estimate of drug-likeness (QED) is 0.749. The Kier molecular flexibility index (Phi) is 3.46. The van der Waals surface area contributed by atoms with Crippen LogP contribution in [-0.2, 0) is 14.6 Å². The summed E-state index contributed by atoms with van der Waals surface area (Å²) in [7, 11) is -3.19. The van der Waals surface area contributed by atoms with E-state index >= 15 is 0 Å². The normalized spacial score (nSPS) is 28.6. The van der Waals surface area contributed by atoms with Gasteiger partial charge in [-0.3, -0.25) is 0 Å². The van der Waals surface area contributed by atoms with E-state index in [1.807, 2.05) is 0 Å². The molecule has 0 aliphatic heterocycles. The molecule has 6 nitrogen and oxygen atoms in total. The molecule has 1 saturated carbocycles. The van der Waals surface area contributed by atoms with Gasteiger partial charge in [-0.05, 0) is 27.2 Å². The largest absolute Gasteiger partial charge is 0.444 e. The second-order valence-corrected chi connectivity index (χ2v) is 7.74. The van der Waals surface area contributed by atoms with Gasteiger partial charge < -0.3 is 15.8 Å². The van der Waals surface area contributed by atoms with Gasteiger partial charge in [0.25, 0.3) is 0 Å². The first-order valence-electron chi connectivity index (χ1n) is 5.40. The molecule has 0 heterocycles. The number of alkyl carbamates (subject to hydrolysis) is 1. The van der Waals surface area contributed by atoms with Gasteiger partial charge >= 0.3 is 6.09 Å². The molecule has 0 saturated heterocycles. The molecule has 2 atom stereocenters. The van der Waals surface area contributed by atoms with E-state index in [4.69, 9.17) is 10.5 Å². The third kappa shape index (κ3) is 3.57. The first kappa shape index (κ1) is 14.2. The van der Waals surface area contributed by atoms with Gasteiger partial charge in [0.05, 0.1) is 10.8 Å². The van der Waals surface area contributed by atoms with Crippen LogP contribution in [0.4, 0.5) is 4.79 Å². The van der Waals surface area contributed by atoms with Gasteiger partial charge in [0, 0.05) is 12.8 Å². The summed E-state index contributed by atoms with van der Waals surface area (Å²) >= 11 is 0. The van der Waals surface area contributed by atoms with Crippen molar-refractivity contribution in [2.75, 3.05) is 12.8 Å². The van der Waals surface area contributed by atoms with E-state index in [-0.39, 0.29) is 6.54 Å². The predicted octanol–water partition coefficient (Wildman–Crippen LogP) is 0.0255. The molecule has 1 aliphatic rings. The van der Waals surface area contributed by atoms with Gasteiger partial charge in [0.1, 0.15) is 5.60 Å². The van der Waals surface area contributed by atoms with Gasteiger partial charge in [-0.15, -0.1) is 0 Å². The monoisotopic (exact) mass is 264 g/mol. The molecule has 7 heteroatoms. The third-order valence-corrected chi connectivity index (χ3v) is 4.29. The summed E-state index contributed by atoms with van der Waals surface area (Å²) in [6.07, 6.45) is 0.863. The summed E-state index contributed by atoms with van der Waals surface area (Å²) in [5, 5.41) is 1.96. The lowest BCUT2D eigenvalue weighted by atomic mass is 10.2. The van der Waals surface area contributed by atoms with E-state index < -0.39 is 32.3 Å². The Morgan fingerprint density at radius 3 is 2.35 bits per heavy atom. The molecule has 1 fully saturated rings. The van der Waals surface area contributed by atoms with Crippen molar-refractivity contribution in [3.8, 4) is 0 Å². The van der Waals surface area contributed by atoms with E-state index in [0.29, 0.717) is 6.42 Å². The number of hydrogen-bond donors (Lipinski definition) is 2. The topological polar surface area (TPSA) is 98.5 Å². The molecule has 0 aromatic heterocycles. The molecule has 1 amide bonds. The highest BCUT2D eigenvalue weighted by atomic mass is 32.2. The maximum atomic E-state index is 11.6. The van der Waals surface area contributed by atoms with Crippen molar-refractivity contribution in [1.82, 2.24) is 5.32 Å². The minimum Gasteiger partial charge on any atom is -0.444 e. The Bertz CT molecular complexity index is 413. The van der Waals surface area contributed by atoms with Crippen LogP contribution in [-0.4, -0.2) is 43.7 Å². The van der Waals surface area contributed by atoms with Crippen molar-refractivity contribution in [3.05, 3.63) is 0 Å². The van der Waals surface area contributed by atoms with Crippen molar-refractivity contribution < 1.29 is 17.9 Å². The predicted molar refractivity (Wildman–Crippen MR) is 64.4 cm³/mol. The fourth-order valence-corrected chi connectivity index (χ4v) is 3.31. The number of nitrogens with two attached hydrogens (primary N) is 1. The van der Waals surface area contributed by atoms with Crippen LogP contribution in [0.15, 0.2) is 0 Å².